The van der Waals surface area contributed by atoms with Crippen LogP contribution in [0, 0.1) is 0 Å². The molecule has 1 N–H and O–H groups in total. The Balaban J connectivity index is 2.01. The topological polar surface area (TPSA) is 80.7 Å². The molecule has 6 nitrogen and oxygen atoms in total. The molecule has 2 aromatic rings. The summed E-state index contributed by atoms with van der Waals surface area (Å²) in [6, 6.07) is 7.16. The van der Waals surface area contributed by atoms with Crippen LogP contribution in [0.1, 0.15) is 5.56 Å². The molecule has 0 radical (unpaired) electrons. The minimum Gasteiger partial charge on any atom is -0.353 e. The normalized spacial score (nSPS) is 10.2. The van der Waals surface area contributed by atoms with E-state index in [1.807, 2.05) is 0 Å². The fourth-order valence-corrected chi connectivity index (χ4v) is 1.53. The molecule has 1 aromatic heterocycles. The zero-order valence-corrected chi connectivity index (χ0v) is 10.1. The van der Waals surface area contributed by atoms with Gasteiger partial charge in [0.1, 0.15) is 6.67 Å². The van der Waals surface area contributed by atoms with Crippen molar-refractivity contribution in [3.05, 3.63) is 36.2 Å². The molecular weight excluding hydrogens is 249 g/mol. The van der Waals surface area contributed by atoms with Gasteiger partial charge in [0.15, 0.2) is 6.33 Å². The van der Waals surface area contributed by atoms with Crippen LogP contribution in [0.3, 0.4) is 0 Å². The lowest BCUT2D eigenvalue weighted by Crippen LogP contribution is -2.26. The van der Waals surface area contributed by atoms with E-state index in [1.165, 1.54) is 6.33 Å². The molecule has 0 aliphatic carbocycles. The third kappa shape index (κ3) is 3.77. The molecule has 1 amide bonds. The van der Waals surface area contributed by atoms with Crippen LogP contribution in [0.25, 0.3) is 11.4 Å². The molecule has 19 heavy (non-hydrogen) atoms. The van der Waals surface area contributed by atoms with E-state index in [0.717, 1.165) is 11.1 Å². The van der Waals surface area contributed by atoms with Crippen molar-refractivity contribution in [2.45, 2.75) is 6.42 Å². The fourth-order valence-electron chi connectivity index (χ4n) is 1.53. The van der Waals surface area contributed by atoms with Gasteiger partial charge in [-0.25, -0.2) is 4.39 Å². The molecule has 0 unspecified atom stereocenters. The second-order valence-electron chi connectivity index (χ2n) is 3.78. The number of halogens is 1. The van der Waals surface area contributed by atoms with Crippen molar-refractivity contribution in [3.8, 4) is 11.4 Å². The summed E-state index contributed by atoms with van der Waals surface area (Å²) in [5, 5.41) is 17.4. The maximum Gasteiger partial charge on any atom is 0.224 e. The summed E-state index contributed by atoms with van der Waals surface area (Å²) in [5.41, 5.74) is 1.60. The van der Waals surface area contributed by atoms with Gasteiger partial charge in [0.25, 0.3) is 0 Å². The number of alkyl halides is 1. The average molecular weight is 261 g/mol. The number of aromatic nitrogens is 4. The highest BCUT2D eigenvalue weighted by molar-refractivity contribution is 5.78. The monoisotopic (exact) mass is 261 g/mol. The molecule has 0 saturated heterocycles. The van der Waals surface area contributed by atoms with E-state index < -0.39 is 6.67 Å². The first-order valence-electron chi connectivity index (χ1n) is 5.72. The van der Waals surface area contributed by atoms with Crippen molar-refractivity contribution < 1.29 is 9.18 Å². The van der Waals surface area contributed by atoms with Gasteiger partial charge in [-0.2, -0.15) is 0 Å². The highest BCUT2D eigenvalue weighted by Gasteiger charge is 2.05. The molecule has 0 atom stereocenters. The molecule has 7 heteroatoms. The number of amides is 1. The minimum atomic E-state index is -0.560. The molecule has 98 valence electrons. The lowest BCUT2D eigenvalue weighted by Gasteiger charge is -2.03. The minimum absolute atomic E-state index is 0.0477. The van der Waals surface area contributed by atoms with Crippen LogP contribution in [0.5, 0.6) is 0 Å². The van der Waals surface area contributed by atoms with Gasteiger partial charge in [-0.3, -0.25) is 4.79 Å². The van der Waals surface area contributed by atoms with Gasteiger partial charge >= 0.3 is 0 Å². The smallest absolute Gasteiger partial charge is 0.224 e. The van der Waals surface area contributed by atoms with Gasteiger partial charge in [0, 0.05) is 12.1 Å². The van der Waals surface area contributed by atoms with Gasteiger partial charge in [0.05, 0.1) is 6.42 Å². The van der Waals surface area contributed by atoms with Gasteiger partial charge in [-0.1, -0.05) is 24.3 Å². The quantitative estimate of drug-likeness (QED) is 0.850. The summed E-state index contributed by atoms with van der Waals surface area (Å²) in [7, 11) is 0. The van der Waals surface area contributed by atoms with Crippen LogP contribution in [0.2, 0.25) is 0 Å². The predicted molar refractivity (Wildman–Crippen MR) is 65.7 cm³/mol. The van der Waals surface area contributed by atoms with Crippen LogP contribution >= 0.6 is 0 Å². The fraction of sp³-hybridized carbons (Fsp3) is 0.250. The number of nitrogens with zero attached hydrogens (tertiary/aromatic N) is 4. The summed E-state index contributed by atoms with van der Waals surface area (Å²) in [6.45, 7) is -0.512. The van der Waals surface area contributed by atoms with Crippen molar-refractivity contribution in [2.75, 3.05) is 13.2 Å². The lowest BCUT2D eigenvalue weighted by molar-refractivity contribution is -0.120. The largest absolute Gasteiger partial charge is 0.353 e. The average Bonchev–Trinajstić information content (AvgIpc) is 2.47. The zero-order valence-electron chi connectivity index (χ0n) is 10.1. The summed E-state index contributed by atoms with van der Waals surface area (Å²) >= 11 is 0. The third-order valence-corrected chi connectivity index (χ3v) is 2.40. The predicted octanol–water partition coefficient (Wildman–Crippen LogP) is 0.562. The van der Waals surface area contributed by atoms with E-state index in [4.69, 9.17) is 0 Å². The van der Waals surface area contributed by atoms with E-state index >= 15 is 0 Å². The van der Waals surface area contributed by atoms with Gasteiger partial charge < -0.3 is 5.32 Å². The summed E-state index contributed by atoms with van der Waals surface area (Å²) in [4.78, 5) is 11.4. The van der Waals surface area contributed by atoms with Gasteiger partial charge in [-0.15, -0.1) is 20.4 Å². The molecule has 0 fully saturated rings. The lowest BCUT2D eigenvalue weighted by atomic mass is 10.1. The van der Waals surface area contributed by atoms with E-state index in [0.29, 0.717) is 5.82 Å². The second kappa shape index (κ2) is 6.48. The Morgan fingerprint density at radius 1 is 1.16 bits per heavy atom. The second-order valence-corrected chi connectivity index (χ2v) is 3.78. The van der Waals surface area contributed by atoms with E-state index in [1.54, 1.807) is 24.3 Å². The molecule has 1 heterocycles. The van der Waals surface area contributed by atoms with Crippen LogP contribution in [-0.4, -0.2) is 39.5 Å². The van der Waals surface area contributed by atoms with E-state index in [-0.39, 0.29) is 18.9 Å². The third-order valence-electron chi connectivity index (χ3n) is 2.40. The van der Waals surface area contributed by atoms with Crippen molar-refractivity contribution >= 4 is 5.91 Å². The van der Waals surface area contributed by atoms with Gasteiger partial charge in [0.2, 0.25) is 11.7 Å². The highest BCUT2D eigenvalue weighted by atomic mass is 19.1. The SMILES string of the molecule is O=C(Cc1ccc(-c2nncnn2)cc1)NCCF. The molecule has 0 aliphatic heterocycles. The number of hydrogen-bond donors (Lipinski definition) is 1. The van der Waals surface area contributed by atoms with Crippen LogP contribution in [-0.2, 0) is 11.2 Å². The Morgan fingerprint density at radius 3 is 2.47 bits per heavy atom. The Morgan fingerprint density at radius 2 is 1.84 bits per heavy atom. The standard InChI is InChI=1S/C12H12FN5O/c13-5-6-14-11(19)7-9-1-3-10(4-2-9)12-17-15-8-16-18-12/h1-4,8H,5-7H2,(H,14,19). The Kier molecular flexibility index (Phi) is 4.44. The van der Waals surface area contributed by atoms with E-state index in [9.17, 15) is 9.18 Å². The number of carbonyl (C=O) groups is 1. The molecule has 0 saturated carbocycles. The Hall–Kier alpha value is -2.44. The van der Waals surface area contributed by atoms with E-state index in [2.05, 4.69) is 25.7 Å². The van der Waals surface area contributed by atoms with Crippen molar-refractivity contribution in [1.29, 1.82) is 0 Å². The first kappa shape index (κ1) is 13.0. The maximum atomic E-state index is 11.9. The first-order valence-corrected chi connectivity index (χ1v) is 5.72. The van der Waals surface area contributed by atoms with Crippen molar-refractivity contribution in [3.63, 3.8) is 0 Å². The van der Waals surface area contributed by atoms with Crippen molar-refractivity contribution in [1.82, 2.24) is 25.7 Å². The van der Waals surface area contributed by atoms with Gasteiger partial charge in [-0.05, 0) is 5.56 Å². The molecular formula is C12H12FN5O. The Labute approximate surface area is 109 Å². The van der Waals surface area contributed by atoms with Crippen LogP contribution < -0.4 is 5.32 Å². The summed E-state index contributed by atoms with van der Waals surface area (Å²) < 4.78 is 11.9. The molecule has 2 rings (SSSR count). The molecule has 1 aromatic carbocycles. The number of nitrogens with one attached hydrogen (secondary N) is 1. The molecule has 0 aliphatic rings. The highest BCUT2D eigenvalue weighted by Crippen LogP contribution is 2.13. The maximum absolute atomic E-state index is 11.9. The first-order chi connectivity index (χ1) is 9.29. The Bertz CT molecular complexity index is 532. The number of hydrogen-bond acceptors (Lipinski definition) is 5. The van der Waals surface area contributed by atoms with Crippen molar-refractivity contribution in [2.24, 2.45) is 0 Å². The van der Waals surface area contributed by atoms with Crippen LogP contribution in [0.4, 0.5) is 4.39 Å². The molecule has 0 bridgehead atoms. The number of carbonyl (C=O) groups excluding carboxylic acids is 1. The number of benzene rings is 1. The summed E-state index contributed by atoms with van der Waals surface area (Å²) in [5.74, 6) is 0.223. The number of rotatable bonds is 5. The molecule has 0 spiro atoms. The zero-order chi connectivity index (χ0) is 13.5. The summed E-state index contributed by atoms with van der Waals surface area (Å²) in [6.07, 6.45) is 1.47. The van der Waals surface area contributed by atoms with Crippen LogP contribution in [0.15, 0.2) is 30.6 Å².